The first-order chi connectivity index (χ1) is 19.2. The first kappa shape index (κ1) is 27.5. The second kappa shape index (κ2) is 11.6. The van der Waals surface area contributed by atoms with Crippen LogP contribution in [0.3, 0.4) is 0 Å². The fourth-order valence-corrected chi connectivity index (χ4v) is 5.20. The molecule has 1 saturated heterocycles. The largest absolute Gasteiger partial charge is 0.497 e. The Bertz CT molecular complexity index is 1420. The molecule has 2 aliphatic heterocycles. The smallest absolute Gasteiger partial charge is 0.326 e. The van der Waals surface area contributed by atoms with E-state index in [1.54, 1.807) is 16.9 Å². The summed E-state index contributed by atoms with van der Waals surface area (Å²) < 4.78 is 11.7. The molecule has 0 saturated carbocycles. The number of carbonyl (C=O) groups is 2. The van der Waals surface area contributed by atoms with Gasteiger partial charge in [-0.3, -0.25) is 14.7 Å². The molecule has 8 nitrogen and oxygen atoms in total. The maximum absolute atomic E-state index is 14.4. The highest BCUT2D eigenvalue weighted by atomic mass is 35.5. The summed E-state index contributed by atoms with van der Waals surface area (Å²) in [7, 11) is 1.60. The lowest BCUT2D eigenvalue weighted by Crippen LogP contribution is -2.55. The maximum Gasteiger partial charge on any atom is 0.326 e. The van der Waals surface area contributed by atoms with Gasteiger partial charge in [0, 0.05) is 24.2 Å². The summed E-state index contributed by atoms with van der Waals surface area (Å²) in [5, 5.41) is 3.40. The zero-order valence-electron chi connectivity index (χ0n) is 23.1. The average molecular weight is 561 g/mol. The van der Waals surface area contributed by atoms with Crippen molar-refractivity contribution in [3.05, 3.63) is 94.0 Å². The molecule has 208 valence electrons. The number of piperazine rings is 1. The van der Waals surface area contributed by atoms with Gasteiger partial charge in [0.15, 0.2) is 0 Å². The highest BCUT2D eigenvalue weighted by Gasteiger charge is 2.45. The van der Waals surface area contributed by atoms with E-state index in [-0.39, 0.29) is 24.6 Å². The number of aryl methyl sites for hydroxylation is 1. The van der Waals surface area contributed by atoms with Crippen LogP contribution in [0.15, 0.2) is 71.7 Å². The lowest BCUT2D eigenvalue weighted by molar-refractivity contribution is -0.123. The molecule has 2 aliphatic rings. The van der Waals surface area contributed by atoms with Crippen molar-refractivity contribution in [2.45, 2.75) is 39.0 Å². The molecule has 2 heterocycles. The number of methoxy groups -OCH3 is 1. The van der Waals surface area contributed by atoms with Gasteiger partial charge in [-0.2, -0.15) is 0 Å². The molecule has 0 bridgehead atoms. The maximum atomic E-state index is 14.4. The summed E-state index contributed by atoms with van der Waals surface area (Å²) >= 11 is 6.26. The van der Waals surface area contributed by atoms with Crippen molar-refractivity contribution >= 4 is 29.4 Å². The number of amides is 3. The number of rotatable bonds is 6. The van der Waals surface area contributed by atoms with Gasteiger partial charge in [0.2, 0.25) is 5.91 Å². The Labute approximate surface area is 239 Å². The SMILES string of the molecule is COc1ccc(C2=NC(c3ccc(C)cc3)C(c3ccc(Cl)cc3)N2C(=O)N2CCNC(=O)C2)c(OC(C)C)c1. The molecule has 1 N–H and O–H groups in total. The van der Waals surface area contributed by atoms with Gasteiger partial charge in [-0.15, -0.1) is 0 Å². The van der Waals surface area contributed by atoms with E-state index < -0.39 is 12.1 Å². The van der Waals surface area contributed by atoms with E-state index in [4.69, 9.17) is 26.1 Å². The predicted molar refractivity (Wildman–Crippen MR) is 155 cm³/mol. The minimum atomic E-state index is -0.485. The standard InChI is InChI=1S/C31H33ClN4O4/c1-19(2)40-26-17-24(39-4)13-14-25(26)30-34-28(21-7-5-20(3)6-8-21)29(22-9-11-23(32)12-10-22)36(30)31(38)35-16-15-33-27(37)18-35/h5-14,17,19,28-29H,15-16,18H2,1-4H3,(H,33,37). The third kappa shape index (κ3) is 5.63. The predicted octanol–water partition coefficient (Wildman–Crippen LogP) is 5.54. The van der Waals surface area contributed by atoms with E-state index in [1.165, 1.54) is 0 Å². The quantitative estimate of drug-likeness (QED) is 0.429. The van der Waals surface area contributed by atoms with E-state index >= 15 is 0 Å². The molecular formula is C31H33ClN4O4. The van der Waals surface area contributed by atoms with Crippen LogP contribution in [0.5, 0.6) is 11.5 Å². The summed E-state index contributed by atoms with van der Waals surface area (Å²) in [6.07, 6.45) is -0.122. The van der Waals surface area contributed by atoms with Gasteiger partial charge in [-0.1, -0.05) is 53.6 Å². The zero-order chi connectivity index (χ0) is 28.4. The van der Waals surface area contributed by atoms with E-state index in [1.807, 2.05) is 87.5 Å². The van der Waals surface area contributed by atoms with Crippen LogP contribution in [0, 0.1) is 6.92 Å². The molecule has 0 aliphatic carbocycles. The molecule has 5 rings (SSSR count). The van der Waals surface area contributed by atoms with Gasteiger partial charge in [-0.05, 0) is 56.2 Å². The molecule has 3 aromatic carbocycles. The number of hydrogen-bond acceptors (Lipinski definition) is 5. The van der Waals surface area contributed by atoms with Gasteiger partial charge in [0.05, 0.1) is 24.8 Å². The van der Waals surface area contributed by atoms with Crippen molar-refractivity contribution in [1.82, 2.24) is 15.1 Å². The number of aliphatic imine (C=N–C) groups is 1. The normalized spacial score (nSPS) is 18.9. The van der Waals surface area contributed by atoms with Gasteiger partial charge in [0.25, 0.3) is 0 Å². The Hall–Kier alpha value is -4.04. The molecule has 3 aromatic rings. The number of nitrogens with one attached hydrogen (secondary N) is 1. The summed E-state index contributed by atoms with van der Waals surface area (Å²) in [6.45, 7) is 6.69. The van der Waals surface area contributed by atoms with E-state index in [9.17, 15) is 9.59 Å². The van der Waals surface area contributed by atoms with Crippen LogP contribution in [0.4, 0.5) is 4.79 Å². The van der Waals surface area contributed by atoms with Crippen LogP contribution >= 0.6 is 11.6 Å². The van der Waals surface area contributed by atoms with Crippen molar-refractivity contribution in [3.8, 4) is 11.5 Å². The number of carbonyl (C=O) groups excluding carboxylic acids is 2. The lowest BCUT2D eigenvalue weighted by Gasteiger charge is -2.36. The lowest BCUT2D eigenvalue weighted by atomic mass is 9.93. The van der Waals surface area contributed by atoms with Crippen molar-refractivity contribution < 1.29 is 19.1 Å². The van der Waals surface area contributed by atoms with Crippen LogP contribution in [0.25, 0.3) is 0 Å². The van der Waals surface area contributed by atoms with Crippen molar-refractivity contribution in [2.24, 2.45) is 4.99 Å². The molecule has 0 aromatic heterocycles. The summed E-state index contributed by atoms with van der Waals surface area (Å²) in [6, 6.07) is 20.0. The number of urea groups is 1. The van der Waals surface area contributed by atoms with Crippen LogP contribution in [-0.4, -0.2) is 60.4 Å². The summed E-state index contributed by atoms with van der Waals surface area (Å²) in [5.41, 5.74) is 3.64. The summed E-state index contributed by atoms with van der Waals surface area (Å²) in [5.74, 6) is 1.47. The Balaban J connectivity index is 1.71. The van der Waals surface area contributed by atoms with Gasteiger partial charge in [-0.25, -0.2) is 4.79 Å². The molecule has 0 spiro atoms. The number of hydrogen-bond donors (Lipinski definition) is 1. The van der Waals surface area contributed by atoms with E-state index in [0.717, 1.165) is 16.7 Å². The first-order valence-corrected chi connectivity index (χ1v) is 13.7. The van der Waals surface area contributed by atoms with Crippen LogP contribution in [0.2, 0.25) is 5.02 Å². The van der Waals surface area contributed by atoms with Crippen LogP contribution in [0.1, 0.15) is 48.2 Å². The number of nitrogens with zero attached hydrogens (tertiary/aromatic N) is 3. The second-order valence-corrected chi connectivity index (χ2v) is 10.7. The number of amidine groups is 1. The highest BCUT2D eigenvalue weighted by molar-refractivity contribution is 6.30. The highest BCUT2D eigenvalue weighted by Crippen LogP contribution is 2.45. The topological polar surface area (TPSA) is 83.5 Å². The fraction of sp³-hybridized carbons (Fsp3) is 0.323. The molecule has 0 radical (unpaired) electrons. The third-order valence-corrected chi connectivity index (χ3v) is 7.26. The molecular weight excluding hydrogens is 528 g/mol. The van der Waals surface area contributed by atoms with Crippen molar-refractivity contribution in [1.29, 1.82) is 0 Å². The number of ether oxygens (including phenoxy) is 2. The van der Waals surface area contributed by atoms with Gasteiger partial charge >= 0.3 is 6.03 Å². The number of benzene rings is 3. The fourth-order valence-electron chi connectivity index (χ4n) is 5.08. The molecule has 40 heavy (non-hydrogen) atoms. The molecule has 2 unspecified atom stereocenters. The molecule has 3 amide bonds. The monoisotopic (exact) mass is 560 g/mol. The van der Waals surface area contributed by atoms with Crippen molar-refractivity contribution in [2.75, 3.05) is 26.7 Å². The Morgan fingerprint density at radius 3 is 2.40 bits per heavy atom. The zero-order valence-corrected chi connectivity index (χ0v) is 23.8. The average Bonchev–Trinajstić information content (AvgIpc) is 3.33. The van der Waals surface area contributed by atoms with Gasteiger partial charge in [0.1, 0.15) is 29.9 Å². The molecule has 2 atom stereocenters. The van der Waals surface area contributed by atoms with Crippen LogP contribution < -0.4 is 14.8 Å². The minimum absolute atomic E-state index is 0.0247. The summed E-state index contributed by atoms with van der Waals surface area (Å²) in [4.78, 5) is 35.2. The third-order valence-electron chi connectivity index (χ3n) is 7.00. The minimum Gasteiger partial charge on any atom is -0.497 e. The van der Waals surface area contributed by atoms with E-state index in [2.05, 4.69) is 5.32 Å². The van der Waals surface area contributed by atoms with Crippen molar-refractivity contribution in [3.63, 3.8) is 0 Å². The molecule has 1 fully saturated rings. The van der Waals surface area contributed by atoms with Crippen LogP contribution in [-0.2, 0) is 4.79 Å². The Morgan fingerprint density at radius 2 is 1.75 bits per heavy atom. The second-order valence-electron chi connectivity index (χ2n) is 10.3. The molecule has 9 heteroatoms. The van der Waals surface area contributed by atoms with E-state index in [0.29, 0.717) is 41.0 Å². The van der Waals surface area contributed by atoms with Gasteiger partial charge < -0.3 is 19.7 Å². The Morgan fingerprint density at radius 1 is 1.05 bits per heavy atom. The number of halogens is 1. The Kier molecular flexibility index (Phi) is 7.98. The first-order valence-electron chi connectivity index (χ1n) is 13.3.